The minimum absolute atomic E-state index is 0.0914. The molecule has 0 saturated carbocycles. The highest BCUT2D eigenvalue weighted by atomic mass is 16.2. The number of amides is 4. The highest BCUT2D eigenvalue weighted by Gasteiger charge is 2.61. The lowest BCUT2D eigenvalue weighted by molar-refractivity contribution is -0.153. The summed E-state index contributed by atoms with van der Waals surface area (Å²) in [6, 6.07) is 4.02. The lowest BCUT2D eigenvalue weighted by atomic mass is 9.69. The number of carbonyl (C=O) groups is 3. The quantitative estimate of drug-likeness (QED) is 0.578. The van der Waals surface area contributed by atoms with Crippen LogP contribution in [0.2, 0.25) is 0 Å². The van der Waals surface area contributed by atoms with Crippen LogP contribution in [-0.2, 0) is 16.0 Å². The van der Waals surface area contributed by atoms with Crippen molar-refractivity contribution in [2.75, 3.05) is 18.0 Å². The normalized spacial score (nSPS) is 23.5. The number of unbranched alkanes of at least 4 members (excludes halogenated alkanes) is 2. The average Bonchev–Trinajstić information content (AvgIpc) is 2.75. The number of anilines is 1. The number of fused-ring (bicyclic) bond motifs is 2. The van der Waals surface area contributed by atoms with Gasteiger partial charge in [-0.05, 0) is 32.4 Å². The number of hydrogen-bond donors (Lipinski definition) is 1. The Bertz CT molecular complexity index is 1130. The summed E-state index contributed by atoms with van der Waals surface area (Å²) in [5.74, 6) is -0.693. The van der Waals surface area contributed by atoms with E-state index in [1.807, 2.05) is 18.7 Å². The van der Waals surface area contributed by atoms with Crippen LogP contribution in [0.25, 0.3) is 5.65 Å². The van der Waals surface area contributed by atoms with Crippen molar-refractivity contribution in [3.8, 4) is 0 Å². The van der Waals surface area contributed by atoms with Crippen LogP contribution < -0.4 is 15.8 Å². The minimum Gasteiger partial charge on any atom is -0.352 e. The number of pyridine rings is 1. The van der Waals surface area contributed by atoms with Gasteiger partial charge in [-0.15, -0.1) is 0 Å². The second-order valence-electron chi connectivity index (χ2n) is 8.18. The van der Waals surface area contributed by atoms with Gasteiger partial charge in [-0.25, -0.2) is 9.78 Å². The molecule has 0 unspecified atom stereocenters. The largest absolute Gasteiger partial charge is 0.352 e. The molecule has 1 spiro atoms. The van der Waals surface area contributed by atoms with E-state index in [2.05, 4.69) is 10.3 Å². The van der Waals surface area contributed by atoms with Crippen LogP contribution in [0, 0.1) is 5.41 Å². The highest BCUT2D eigenvalue weighted by Crippen LogP contribution is 2.42. The zero-order chi connectivity index (χ0) is 22.3. The predicted octanol–water partition coefficient (Wildman–Crippen LogP) is 1.72. The van der Waals surface area contributed by atoms with Gasteiger partial charge < -0.3 is 4.90 Å². The molecule has 2 atom stereocenters. The molecule has 2 aliphatic rings. The molecule has 1 N–H and O–H groups in total. The lowest BCUT2D eigenvalue weighted by Crippen LogP contribution is -2.72. The van der Waals surface area contributed by atoms with E-state index in [4.69, 9.17) is 0 Å². The van der Waals surface area contributed by atoms with Crippen molar-refractivity contribution in [2.24, 2.45) is 5.41 Å². The van der Waals surface area contributed by atoms with E-state index in [0.717, 1.165) is 17.7 Å². The second-order valence-corrected chi connectivity index (χ2v) is 8.18. The number of nitrogens with one attached hydrogen (secondary N) is 1. The molecule has 31 heavy (non-hydrogen) atoms. The molecule has 1 saturated heterocycles. The molecule has 2 aromatic heterocycles. The lowest BCUT2D eigenvalue weighted by Gasteiger charge is -2.49. The zero-order valence-electron chi connectivity index (χ0n) is 18.1. The van der Waals surface area contributed by atoms with Gasteiger partial charge in [-0.3, -0.25) is 29.0 Å². The molecule has 0 bridgehead atoms. The Balaban J connectivity index is 1.86. The maximum Gasteiger partial charge on any atom is 0.330 e. The van der Waals surface area contributed by atoms with Crippen molar-refractivity contribution < 1.29 is 14.4 Å². The molecule has 2 aromatic rings. The first-order chi connectivity index (χ1) is 14.9. The summed E-state index contributed by atoms with van der Waals surface area (Å²) in [6.45, 7) is 6.42. The molecule has 9 nitrogen and oxygen atoms in total. The Hall–Kier alpha value is -3.23. The molecule has 0 aliphatic carbocycles. The van der Waals surface area contributed by atoms with Gasteiger partial charge in [-0.2, -0.15) is 0 Å². The van der Waals surface area contributed by atoms with Gasteiger partial charge in [0.05, 0.1) is 11.6 Å². The molecule has 1 fully saturated rings. The summed E-state index contributed by atoms with van der Waals surface area (Å²) in [5, 5.41) is 2.38. The van der Waals surface area contributed by atoms with Crippen molar-refractivity contribution in [2.45, 2.75) is 52.5 Å². The van der Waals surface area contributed by atoms with Crippen LogP contribution in [0.3, 0.4) is 0 Å². The molecule has 4 rings (SSSR count). The Kier molecular flexibility index (Phi) is 5.28. The van der Waals surface area contributed by atoms with Crippen molar-refractivity contribution in [3.63, 3.8) is 0 Å². The van der Waals surface area contributed by atoms with E-state index in [-0.39, 0.29) is 18.5 Å². The monoisotopic (exact) mass is 425 g/mol. The van der Waals surface area contributed by atoms with Gasteiger partial charge in [0.1, 0.15) is 11.5 Å². The van der Waals surface area contributed by atoms with Gasteiger partial charge in [-0.1, -0.05) is 25.8 Å². The number of urea groups is 1. The summed E-state index contributed by atoms with van der Waals surface area (Å²) in [6.07, 6.45) is 4.00. The SMILES string of the molecule is CCCCCN1C(=O)NC(=O)[C@]2(Cc3c(nc4ccccn4c3=O)N(CC)[C@H]2C)C1=O. The molecule has 4 heterocycles. The fraction of sp³-hybridized carbons (Fsp3) is 0.500. The second kappa shape index (κ2) is 7.79. The molecular weight excluding hydrogens is 398 g/mol. The maximum atomic E-state index is 13.7. The summed E-state index contributed by atoms with van der Waals surface area (Å²) in [7, 11) is 0. The topological polar surface area (TPSA) is 104 Å². The number of rotatable bonds is 5. The fourth-order valence-corrected chi connectivity index (χ4v) is 4.76. The van der Waals surface area contributed by atoms with Crippen LogP contribution in [0.5, 0.6) is 0 Å². The Morgan fingerprint density at radius 3 is 2.65 bits per heavy atom. The third-order valence-corrected chi connectivity index (χ3v) is 6.54. The molecular formula is C22H27N5O4. The first-order valence-corrected chi connectivity index (χ1v) is 10.8. The summed E-state index contributed by atoms with van der Waals surface area (Å²) in [5.41, 5.74) is -1.05. The minimum atomic E-state index is -1.56. The van der Waals surface area contributed by atoms with Crippen molar-refractivity contribution in [1.82, 2.24) is 19.6 Å². The predicted molar refractivity (Wildman–Crippen MR) is 115 cm³/mol. The van der Waals surface area contributed by atoms with Gasteiger partial charge in [0, 0.05) is 25.7 Å². The van der Waals surface area contributed by atoms with Crippen LogP contribution >= 0.6 is 0 Å². The van der Waals surface area contributed by atoms with Gasteiger partial charge in [0.2, 0.25) is 11.8 Å². The molecule has 0 aromatic carbocycles. The molecule has 2 aliphatic heterocycles. The zero-order valence-corrected chi connectivity index (χ0v) is 18.1. The van der Waals surface area contributed by atoms with Crippen LogP contribution in [-0.4, -0.2) is 51.3 Å². The third kappa shape index (κ3) is 3.02. The highest BCUT2D eigenvalue weighted by molar-refractivity contribution is 6.20. The Morgan fingerprint density at radius 2 is 1.94 bits per heavy atom. The number of nitrogens with zero attached hydrogens (tertiary/aromatic N) is 4. The van der Waals surface area contributed by atoms with Crippen LogP contribution in [0.15, 0.2) is 29.2 Å². The van der Waals surface area contributed by atoms with Crippen molar-refractivity contribution in [3.05, 3.63) is 40.3 Å². The summed E-state index contributed by atoms with van der Waals surface area (Å²) < 4.78 is 1.42. The van der Waals surface area contributed by atoms with E-state index in [1.165, 1.54) is 4.40 Å². The van der Waals surface area contributed by atoms with E-state index < -0.39 is 29.3 Å². The molecule has 164 valence electrons. The van der Waals surface area contributed by atoms with E-state index in [0.29, 0.717) is 30.0 Å². The first-order valence-electron chi connectivity index (χ1n) is 10.8. The molecule has 0 radical (unpaired) electrons. The van der Waals surface area contributed by atoms with E-state index >= 15 is 0 Å². The smallest absolute Gasteiger partial charge is 0.330 e. The number of barbiturate groups is 1. The molecule has 4 amide bonds. The Labute approximate surface area is 180 Å². The fourth-order valence-electron chi connectivity index (χ4n) is 4.76. The maximum absolute atomic E-state index is 13.7. The van der Waals surface area contributed by atoms with E-state index in [9.17, 15) is 19.2 Å². The van der Waals surface area contributed by atoms with Crippen LogP contribution in [0.1, 0.15) is 45.6 Å². The van der Waals surface area contributed by atoms with Crippen LogP contribution in [0.4, 0.5) is 10.6 Å². The third-order valence-electron chi connectivity index (χ3n) is 6.54. The number of imide groups is 2. The van der Waals surface area contributed by atoms with Gasteiger partial charge >= 0.3 is 6.03 Å². The number of carbonyl (C=O) groups excluding carboxylic acids is 3. The first kappa shape index (κ1) is 21.0. The Morgan fingerprint density at radius 1 is 1.16 bits per heavy atom. The van der Waals surface area contributed by atoms with Crippen molar-refractivity contribution in [1.29, 1.82) is 0 Å². The van der Waals surface area contributed by atoms with Gasteiger partial charge in [0.15, 0.2) is 5.41 Å². The van der Waals surface area contributed by atoms with E-state index in [1.54, 1.807) is 31.3 Å². The number of hydrogen-bond acceptors (Lipinski definition) is 6. The average molecular weight is 425 g/mol. The molecule has 9 heteroatoms. The number of aromatic nitrogens is 2. The summed E-state index contributed by atoms with van der Waals surface area (Å²) >= 11 is 0. The standard InChI is InChI=1S/C22H27N5O4/c1-4-6-8-12-27-20(30)22(19(29)24-21(27)31)13-15-17(25(5-2)14(22)3)23-16-10-7-9-11-26(16)18(15)28/h7,9-11,14H,4-6,8,12-13H2,1-3H3,(H,24,29,31)/t14-,22+/m0/s1. The van der Waals surface area contributed by atoms with Crippen molar-refractivity contribution >= 4 is 29.3 Å². The summed E-state index contributed by atoms with van der Waals surface area (Å²) in [4.78, 5) is 60.3. The van der Waals surface area contributed by atoms with Gasteiger partial charge in [0.25, 0.3) is 5.56 Å².